The predicted molar refractivity (Wildman–Crippen MR) is 138 cm³/mol. The number of hydrogen-bond donors (Lipinski definition) is 3. The van der Waals surface area contributed by atoms with E-state index in [-0.39, 0.29) is 16.9 Å². The summed E-state index contributed by atoms with van der Waals surface area (Å²) in [4.78, 5) is 24.8. The van der Waals surface area contributed by atoms with Gasteiger partial charge in [0.15, 0.2) is 5.11 Å². The number of ether oxygens (including phenoxy) is 2. The molecule has 0 aliphatic heterocycles. The first-order valence-electron chi connectivity index (χ1n) is 10.9. The second kappa shape index (κ2) is 14.6. The maximum absolute atomic E-state index is 12.6. The summed E-state index contributed by atoms with van der Waals surface area (Å²) in [6.45, 7) is 3.66. The molecular weight excluding hydrogens is 506 g/mol. The smallest absolute Gasteiger partial charge is 0.257 e. The van der Waals surface area contributed by atoms with Crippen molar-refractivity contribution in [3.8, 4) is 5.75 Å². The average molecular weight is 536 g/mol. The fraction of sp³-hybridized carbons (Fsp3) is 0.375. The minimum atomic E-state index is -0.351. The van der Waals surface area contributed by atoms with Gasteiger partial charge in [0, 0.05) is 30.5 Å². The van der Waals surface area contributed by atoms with Crippen LogP contribution in [0.2, 0.25) is 0 Å². The molecule has 0 fully saturated rings. The summed E-state index contributed by atoms with van der Waals surface area (Å²) < 4.78 is 11.4. The number of nitrogens with one attached hydrogen (secondary N) is 3. The predicted octanol–water partition coefficient (Wildman–Crippen LogP) is 4.91. The zero-order chi connectivity index (χ0) is 24.1. The number of unbranched alkanes of at least 4 members (excludes halogenated alkanes) is 3. The normalized spacial score (nSPS) is 10.4. The third-order valence-electron chi connectivity index (χ3n) is 4.65. The average Bonchev–Trinajstić information content (AvgIpc) is 2.80. The molecule has 0 heterocycles. The van der Waals surface area contributed by atoms with Crippen LogP contribution < -0.4 is 20.7 Å². The highest BCUT2D eigenvalue weighted by Crippen LogP contribution is 2.26. The molecule has 0 aromatic heterocycles. The lowest BCUT2D eigenvalue weighted by Crippen LogP contribution is -2.34. The zero-order valence-electron chi connectivity index (χ0n) is 18.9. The number of methoxy groups -OCH3 is 1. The first kappa shape index (κ1) is 26.8. The summed E-state index contributed by atoms with van der Waals surface area (Å²) in [6.07, 6.45) is 4.52. The lowest BCUT2D eigenvalue weighted by atomic mass is 10.2. The van der Waals surface area contributed by atoms with Gasteiger partial charge in [-0.1, -0.05) is 32.3 Å². The summed E-state index contributed by atoms with van der Waals surface area (Å²) in [6, 6.07) is 12.0. The van der Waals surface area contributed by atoms with Gasteiger partial charge in [-0.25, -0.2) is 0 Å². The Morgan fingerprint density at radius 2 is 1.79 bits per heavy atom. The Bertz CT molecular complexity index is 955. The highest BCUT2D eigenvalue weighted by Gasteiger charge is 2.12. The van der Waals surface area contributed by atoms with E-state index in [9.17, 15) is 9.59 Å². The van der Waals surface area contributed by atoms with Gasteiger partial charge in [0.2, 0.25) is 0 Å². The minimum Gasteiger partial charge on any atom is -0.492 e. The monoisotopic (exact) mass is 535 g/mol. The molecular formula is C24H30BrN3O4S. The highest BCUT2D eigenvalue weighted by atomic mass is 79.9. The molecule has 2 aromatic rings. The number of hydrogen-bond acceptors (Lipinski definition) is 5. The number of carbonyl (C=O) groups is 2. The van der Waals surface area contributed by atoms with E-state index in [4.69, 9.17) is 21.7 Å². The molecule has 0 aliphatic rings. The molecule has 0 spiro atoms. The van der Waals surface area contributed by atoms with Crippen molar-refractivity contribution >= 4 is 50.8 Å². The Hall–Kier alpha value is -2.49. The topological polar surface area (TPSA) is 88.7 Å². The number of anilines is 1. The molecule has 33 heavy (non-hydrogen) atoms. The fourth-order valence-electron chi connectivity index (χ4n) is 2.91. The van der Waals surface area contributed by atoms with Crippen molar-refractivity contribution in [2.24, 2.45) is 0 Å². The summed E-state index contributed by atoms with van der Waals surface area (Å²) in [7, 11) is 1.57. The van der Waals surface area contributed by atoms with Crippen LogP contribution >= 0.6 is 28.1 Å². The first-order chi connectivity index (χ1) is 15.9. The molecule has 0 saturated heterocycles. The molecule has 178 valence electrons. The van der Waals surface area contributed by atoms with Gasteiger partial charge in [-0.15, -0.1) is 0 Å². The van der Waals surface area contributed by atoms with Crippen LogP contribution in [0.15, 0.2) is 46.9 Å². The highest BCUT2D eigenvalue weighted by molar-refractivity contribution is 9.10. The van der Waals surface area contributed by atoms with Crippen molar-refractivity contribution in [1.29, 1.82) is 0 Å². The summed E-state index contributed by atoms with van der Waals surface area (Å²) in [5.74, 6) is 0.128. The SMILES string of the molecule is CCCCCCOc1ccc(C(=O)NC(=S)Nc2cccc(C(=O)NCCOC)c2)cc1Br. The van der Waals surface area contributed by atoms with E-state index >= 15 is 0 Å². The van der Waals surface area contributed by atoms with Crippen molar-refractivity contribution in [2.75, 3.05) is 32.2 Å². The van der Waals surface area contributed by atoms with Crippen molar-refractivity contribution in [1.82, 2.24) is 10.6 Å². The Balaban J connectivity index is 1.89. The van der Waals surface area contributed by atoms with Gasteiger partial charge in [-0.2, -0.15) is 0 Å². The first-order valence-corrected chi connectivity index (χ1v) is 12.1. The van der Waals surface area contributed by atoms with E-state index in [0.717, 1.165) is 12.8 Å². The third-order valence-corrected chi connectivity index (χ3v) is 5.47. The van der Waals surface area contributed by atoms with Gasteiger partial charge in [-0.05, 0) is 71.0 Å². The molecule has 2 aromatic carbocycles. The molecule has 0 saturated carbocycles. The number of carbonyl (C=O) groups excluding carboxylic acids is 2. The molecule has 3 N–H and O–H groups in total. The van der Waals surface area contributed by atoms with Gasteiger partial charge in [0.25, 0.3) is 11.8 Å². The van der Waals surface area contributed by atoms with Crippen LogP contribution in [0.3, 0.4) is 0 Å². The molecule has 0 unspecified atom stereocenters. The van der Waals surface area contributed by atoms with Gasteiger partial charge in [0.05, 0.1) is 17.7 Å². The van der Waals surface area contributed by atoms with Gasteiger partial charge < -0.3 is 20.1 Å². The lowest BCUT2D eigenvalue weighted by molar-refractivity contribution is 0.0935. The maximum Gasteiger partial charge on any atom is 0.257 e. The number of thiocarbonyl (C=S) groups is 1. The van der Waals surface area contributed by atoms with Crippen molar-refractivity contribution < 1.29 is 19.1 Å². The molecule has 2 amide bonds. The van der Waals surface area contributed by atoms with Crippen LogP contribution in [0.5, 0.6) is 5.75 Å². The quantitative estimate of drug-likeness (QED) is 0.264. The van der Waals surface area contributed by atoms with E-state index < -0.39 is 0 Å². The maximum atomic E-state index is 12.6. The standard InChI is InChI=1S/C24H30BrN3O4S/c1-3-4-5-6-13-32-21-11-10-18(16-20(21)25)23(30)28-24(33)27-19-9-7-8-17(15-19)22(29)26-12-14-31-2/h7-11,15-16H,3-6,12-14H2,1-2H3,(H,26,29)(H2,27,28,30,33). The van der Waals surface area contributed by atoms with Gasteiger partial charge >= 0.3 is 0 Å². The van der Waals surface area contributed by atoms with Gasteiger partial charge in [-0.3, -0.25) is 14.9 Å². The molecule has 0 radical (unpaired) electrons. The Kier molecular flexibility index (Phi) is 11.9. The summed E-state index contributed by atoms with van der Waals surface area (Å²) in [5.41, 5.74) is 1.50. The largest absolute Gasteiger partial charge is 0.492 e. The van der Waals surface area contributed by atoms with Crippen LogP contribution in [0.4, 0.5) is 5.69 Å². The Morgan fingerprint density at radius 3 is 2.52 bits per heavy atom. The van der Waals surface area contributed by atoms with Crippen LogP contribution in [0.1, 0.15) is 53.3 Å². The third kappa shape index (κ3) is 9.49. The minimum absolute atomic E-state index is 0.129. The van der Waals surface area contributed by atoms with Crippen LogP contribution in [0.25, 0.3) is 0 Å². The van der Waals surface area contributed by atoms with Crippen LogP contribution in [0, 0.1) is 0 Å². The van der Waals surface area contributed by atoms with Crippen LogP contribution in [-0.4, -0.2) is 43.8 Å². The molecule has 0 bridgehead atoms. The molecule has 0 aliphatic carbocycles. The van der Waals surface area contributed by atoms with E-state index in [1.165, 1.54) is 12.8 Å². The molecule has 7 nitrogen and oxygen atoms in total. The molecule has 0 atom stereocenters. The van der Waals surface area contributed by atoms with Crippen LogP contribution in [-0.2, 0) is 4.74 Å². The van der Waals surface area contributed by atoms with Crippen molar-refractivity contribution in [2.45, 2.75) is 32.6 Å². The Morgan fingerprint density at radius 1 is 1.00 bits per heavy atom. The zero-order valence-corrected chi connectivity index (χ0v) is 21.3. The van der Waals surface area contributed by atoms with E-state index in [1.54, 1.807) is 49.6 Å². The summed E-state index contributed by atoms with van der Waals surface area (Å²) in [5, 5.41) is 8.47. The van der Waals surface area contributed by atoms with E-state index in [2.05, 4.69) is 38.8 Å². The fourth-order valence-corrected chi connectivity index (χ4v) is 3.62. The number of benzene rings is 2. The lowest BCUT2D eigenvalue weighted by Gasteiger charge is -2.12. The van der Waals surface area contributed by atoms with Crippen molar-refractivity contribution in [3.63, 3.8) is 0 Å². The molecule has 2 rings (SSSR count). The number of halogens is 1. The molecule has 9 heteroatoms. The van der Waals surface area contributed by atoms with E-state index in [0.29, 0.717) is 46.8 Å². The van der Waals surface area contributed by atoms with Gasteiger partial charge in [0.1, 0.15) is 5.75 Å². The summed E-state index contributed by atoms with van der Waals surface area (Å²) >= 11 is 8.72. The number of amides is 2. The number of rotatable bonds is 12. The second-order valence-electron chi connectivity index (χ2n) is 7.29. The van der Waals surface area contributed by atoms with E-state index in [1.807, 2.05) is 0 Å². The van der Waals surface area contributed by atoms with Crippen molar-refractivity contribution in [3.05, 3.63) is 58.1 Å². The Labute approximate surface area is 208 Å². The second-order valence-corrected chi connectivity index (χ2v) is 8.55.